The summed E-state index contributed by atoms with van der Waals surface area (Å²) < 4.78 is 1.88. The number of para-hydroxylation sites is 1. The second-order valence-electron chi connectivity index (χ2n) is 7.63. The van der Waals surface area contributed by atoms with Crippen molar-refractivity contribution < 1.29 is 19.8 Å². The monoisotopic (exact) mass is 431 g/mol. The van der Waals surface area contributed by atoms with Gasteiger partial charge in [-0.2, -0.15) is 5.10 Å². The van der Waals surface area contributed by atoms with Crippen molar-refractivity contribution in [2.24, 2.45) is 11.1 Å². The predicted octanol–water partition coefficient (Wildman–Crippen LogP) is 4.05. The third kappa shape index (κ3) is 5.19. The number of hydrogen-bond donors (Lipinski definition) is 3. The number of carbonyl (C=O) groups is 2. The molecule has 1 heterocycles. The van der Waals surface area contributed by atoms with E-state index in [1.807, 2.05) is 59.5 Å². The Labute approximate surface area is 186 Å². The van der Waals surface area contributed by atoms with Crippen molar-refractivity contribution in [3.63, 3.8) is 0 Å². The molecule has 0 spiro atoms. The number of carboxylic acids is 2. The fourth-order valence-electron chi connectivity index (χ4n) is 3.33. The lowest BCUT2D eigenvalue weighted by atomic mass is 9.80. The molecular weight excluding hydrogens is 406 g/mol. The van der Waals surface area contributed by atoms with E-state index in [1.54, 1.807) is 0 Å². The van der Waals surface area contributed by atoms with Gasteiger partial charge in [0.1, 0.15) is 0 Å². The highest BCUT2D eigenvalue weighted by Crippen LogP contribution is 2.31. The molecule has 0 fully saturated rings. The largest absolute Gasteiger partial charge is 0.481 e. The van der Waals surface area contributed by atoms with Gasteiger partial charge in [-0.25, -0.2) is 9.48 Å². The number of nitrogens with two attached hydrogens (primary N) is 1. The molecule has 0 saturated heterocycles. The topological polar surface area (TPSA) is 118 Å². The fourth-order valence-corrected chi connectivity index (χ4v) is 3.33. The first-order valence-electron chi connectivity index (χ1n) is 10.1. The highest BCUT2D eigenvalue weighted by molar-refractivity contribution is 5.90. The van der Waals surface area contributed by atoms with Gasteiger partial charge in [0.25, 0.3) is 0 Å². The Kier molecular flexibility index (Phi) is 7.02. The quantitative estimate of drug-likeness (QED) is 0.561. The number of aliphatic carboxylic acids is 2. The summed E-state index contributed by atoms with van der Waals surface area (Å²) in [6, 6.07) is 18.3. The third-order valence-electron chi connectivity index (χ3n) is 5.23. The Balaban J connectivity index is 0.000000195. The first-order valence-corrected chi connectivity index (χ1v) is 10.1. The van der Waals surface area contributed by atoms with E-state index in [-0.39, 0.29) is 12.0 Å². The third-order valence-corrected chi connectivity index (χ3v) is 5.23. The lowest BCUT2D eigenvalue weighted by molar-refractivity contribution is -0.145. The minimum Gasteiger partial charge on any atom is -0.481 e. The first-order chi connectivity index (χ1) is 15.3. The summed E-state index contributed by atoms with van der Waals surface area (Å²) in [5.41, 5.74) is 9.21. The summed E-state index contributed by atoms with van der Waals surface area (Å²) in [6.45, 7) is 2.01. The zero-order valence-corrected chi connectivity index (χ0v) is 17.7. The van der Waals surface area contributed by atoms with Crippen molar-refractivity contribution in [3.05, 3.63) is 96.4 Å². The summed E-state index contributed by atoms with van der Waals surface area (Å²) in [4.78, 5) is 21.3. The van der Waals surface area contributed by atoms with E-state index in [0.29, 0.717) is 6.54 Å². The van der Waals surface area contributed by atoms with E-state index in [9.17, 15) is 9.59 Å². The molecule has 0 aliphatic heterocycles. The molecule has 4 rings (SSSR count). The van der Waals surface area contributed by atoms with Crippen LogP contribution in [-0.2, 0) is 16.1 Å². The minimum absolute atomic E-state index is 0.0359. The maximum Gasteiger partial charge on any atom is 0.331 e. The maximum absolute atomic E-state index is 10.8. The van der Waals surface area contributed by atoms with E-state index >= 15 is 0 Å². The summed E-state index contributed by atoms with van der Waals surface area (Å²) in [5.74, 6) is -2.06. The SMILES string of the molecule is CC1(C(=O)O)C=CC=C(C(=O)O)C1.NCc1ccccc1-n1cc(-c2ccccc2)cn1. The molecule has 4 N–H and O–H groups in total. The van der Waals surface area contributed by atoms with Crippen LogP contribution in [0.4, 0.5) is 0 Å². The number of allylic oxidation sites excluding steroid dienone is 2. The Hall–Kier alpha value is -3.97. The number of rotatable bonds is 5. The highest BCUT2D eigenvalue weighted by Gasteiger charge is 2.34. The molecule has 0 bridgehead atoms. The van der Waals surface area contributed by atoms with Crippen LogP contribution in [0.2, 0.25) is 0 Å². The summed E-state index contributed by atoms with van der Waals surface area (Å²) in [5, 5.41) is 21.9. The van der Waals surface area contributed by atoms with Gasteiger partial charge in [-0.3, -0.25) is 4.79 Å². The van der Waals surface area contributed by atoms with Crippen LogP contribution in [0.3, 0.4) is 0 Å². The molecule has 0 amide bonds. The molecule has 0 radical (unpaired) electrons. The molecule has 1 aromatic heterocycles. The van der Waals surface area contributed by atoms with Crippen LogP contribution >= 0.6 is 0 Å². The number of nitrogens with zero attached hydrogens (tertiary/aromatic N) is 2. The van der Waals surface area contributed by atoms with Gasteiger partial charge in [0, 0.05) is 23.9 Å². The van der Waals surface area contributed by atoms with Crippen LogP contribution in [0, 0.1) is 5.41 Å². The molecule has 2 aromatic carbocycles. The van der Waals surface area contributed by atoms with E-state index in [0.717, 1.165) is 16.8 Å². The molecule has 7 heteroatoms. The average molecular weight is 431 g/mol. The van der Waals surface area contributed by atoms with Crippen LogP contribution in [0.15, 0.2) is 90.8 Å². The van der Waals surface area contributed by atoms with E-state index in [1.165, 1.54) is 30.7 Å². The van der Waals surface area contributed by atoms with Crippen molar-refractivity contribution in [2.45, 2.75) is 19.9 Å². The smallest absolute Gasteiger partial charge is 0.331 e. The molecule has 3 aromatic rings. The van der Waals surface area contributed by atoms with Gasteiger partial charge in [-0.15, -0.1) is 0 Å². The van der Waals surface area contributed by atoms with Gasteiger partial charge < -0.3 is 15.9 Å². The van der Waals surface area contributed by atoms with Crippen LogP contribution in [0.1, 0.15) is 18.9 Å². The van der Waals surface area contributed by atoms with Gasteiger partial charge in [0.15, 0.2) is 0 Å². The summed E-state index contributed by atoms with van der Waals surface area (Å²) in [6.07, 6.45) is 8.34. The molecule has 32 heavy (non-hydrogen) atoms. The zero-order chi connectivity index (χ0) is 23.1. The van der Waals surface area contributed by atoms with Crippen LogP contribution in [0.25, 0.3) is 16.8 Å². The van der Waals surface area contributed by atoms with Crippen molar-refractivity contribution in [2.75, 3.05) is 0 Å². The Morgan fingerprint density at radius 1 is 1.06 bits per heavy atom. The van der Waals surface area contributed by atoms with Gasteiger partial charge in [0.05, 0.1) is 17.3 Å². The zero-order valence-electron chi connectivity index (χ0n) is 17.7. The molecule has 1 aliphatic rings. The predicted molar refractivity (Wildman–Crippen MR) is 122 cm³/mol. The average Bonchev–Trinajstić information content (AvgIpc) is 3.30. The molecule has 0 saturated carbocycles. The summed E-state index contributed by atoms with van der Waals surface area (Å²) in [7, 11) is 0. The maximum atomic E-state index is 10.8. The second-order valence-corrected chi connectivity index (χ2v) is 7.63. The Morgan fingerprint density at radius 3 is 2.41 bits per heavy atom. The standard InChI is InChI=1S/C16H15N3.C9H10O4/c17-10-14-8-4-5-9-16(14)19-12-15(11-18-19)13-6-2-1-3-7-13;1-9(8(12)13)4-2-3-6(5-9)7(10)11/h1-9,11-12H,10,17H2;2-4H,5H2,1H3,(H,10,11)(H,12,13). The number of benzene rings is 2. The second kappa shape index (κ2) is 9.89. The van der Waals surface area contributed by atoms with Crippen molar-refractivity contribution >= 4 is 11.9 Å². The van der Waals surface area contributed by atoms with Crippen molar-refractivity contribution in [1.82, 2.24) is 9.78 Å². The number of aromatic nitrogens is 2. The summed E-state index contributed by atoms with van der Waals surface area (Å²) >= 11 is 0. The normalized spacial score (nSPS) is 17.1. The van der Waals surface area contributed by atoms with E-state index < -0.39 is 17.4 Å². The molecule has 1 atom stereocenters. The molecule has 7 nitrogen and oxygen atoms in total. The van der Waals surface area contributed by atoms with Crippen LogP contribution < -0.4 is 5.73 Å². The van der Waals surface area contributed by atoms with Gasteiger partial charge in [-0.05, 0) is 30.5 Å². The molecular formula is C25H25N3O4. The molecule has 1 aliphatic carbocycles. The Bertz CT molecular complexity index is 1160. The number of carboxylic acid groups (broad SMARTS) is 2. The van der Waals surface area contributed by atoms with Crippen molar-refractivity contribution in [1.29, 1.82) is 0 Å². The fraction of sp³-hybridized carbons (Fsp3) is 0.160. The lowest BCUT2D eigenvalue weighted by Crippen LogP contribution is -2.28. The van der Waals surface area contributed by atoms with Crippen LogP contribution in [0.5, 0.6) is 0 Å². The number of hydrogen-bond acceptors (Lipinski definition) is 4. The minimum atomic E-state index is -1.08. The Morgan fingerprint density at radius 2 is 1.75 bits per heavy atom. The molecule has 164 valence electrons. The van der Waals surface area contributed by atoms with Crippen molar-refractivity contribution in [3.8, 4) is 16.8 Å². The molecule has 1 unspecified atom stereocenters. The lowest BCUT2D eigenvalue weighted by Gasteiger charge is -2.23. The van der Waals surface area contributed by atoms with E-state index in [2.05, 4.69) is 17.2 Å². The van der Waals surface area contributed by atoms with Gasteiger partial charge in [0.2, 0.25) is 0 Å². The van der Waals surface area contributed by atoms with E-state index in [4.69, 9.17) is 15.9 Å². The van der Waals surface area contributed by atoms with Crippen LogP contribution in [-0.4, -0.2) is 31.9 Å². The first kappa shape index (κ1) is 22.7. The highest BCUT2D eigenvalue weighted by atomic mass is 16.4. The van der Waals surface area contributed by atoms with Gasteiger partial charge in [-0.1, -0.05) is 66.8 Å². The van der Waals surface area contributed by atoms with Gasteiger partial charge >= 0.3 is 11.9 Å².